The molecule has 6 nitrogen and oxygen atoms in total. The van der Waals surface area contributed by atoms with Gasteiger partial charge in [0.2, 0.25) is 11.8 Å². The first-order valence-corrected chi connectivity index (χ1v) is 9.22. The van der Waals surface area contributed by atoms with Crippen molar-refractivity contribution in [2.45, 2.75) is 32.1 Å². The summed E-state index contributed by atoms with van der Waals surface area (Å²) in [6, 6.07) is 0. The van der Waals surface area contributed by atoms with Crippen LogP contribution in [0.2, 0.25) is 0 Å². The van der Waals surface area contributed by atoms with E-state index in [9.17, 15) is 9.59 Å². The van der Waals surface area contributed by atoms with E-state index in [2.05, 4.69) is 22.5 Å². The SMILES string of the molecule is NC(=NCC1CCC1)NCCCN1C(=O)C2C3C=CC(C3)C2C1=O. The first-order chi connectivity index (χ1) is 11.6. The zero-order valence-electron chi connectivity index (χ0n) is 14.0. The van der Waals surface area contributed by atoms with Crippen molar-refractivity contribution in [3.05, 3.63) is 12.2 Å². The molecule has 130 valence electrons. The van der Waals surface area contributed by atoms with Crippen LogP contribution >= 0.6 is 0 Å². The van der Waals surface area contributed by atoms with Crippen molar-refractivity contribution in [1.29, 1.82) is 0 Å². The Balaban J connectivity index is 1.22. The molecular formula is C18H26N4O2. The molecule has 1 heterocycles. The lowest BCUT2D eigenvalue weighted by Crippen LogP contribution is -2.37. The van der Waals surface area contributed by atoms with Crippen molar-refractivity contribution in [2.24, 2.45) is 40.3 Å². The van der Waals surface area contributed by atoms with Gasteiger partial charge in [0.1, 0.15) is 0 Å². The first kappa shape index (κ1) is 15.7. The number of imide groups is 1. The molecule has 0 aromatic rings. The lowest BCUT2D eigenvalue weighted by atomic mass is 9.85. The van der Waals surface area contributed by atoms with Crippen LogP contribution < -0.4 is 11.1 Å². The van der Waals surface area contributed by atoms with E-state index in [1.165, 1.54) is 24.2 Å². The van der Waals surface area contributed by atoms with Crippen LogP contribution in [0.5, 0.6) is 0 Å². The van der Waals surface area contributed by atoms with Gasteiger partial charge in [-0.05, 0) is 43.4 Å². The van der Waals surface area contributed by atoms with Crippen LogP contribution in [-0.4, -0.2) is 42.3 Å². The van der Waals surface area contributed by atoms with E-state index in [0.717, 1.165) is 13.0 Å². The molecule has 0 radical (unpaired) electrons. The average Bonchev–Trinajstić information content (AvgIpc) is 3.18. The lowest BCUT2D eigenvalue weighted by molar-refractivity contribution is -0.140. The number of fused-ring (bicyclic) bond motifs is 5. The Morgan fingerprint density at radius 2 is 1.88 bits per heavy atom. The molecule has 2 amide bonds. The van der Waals surface area contributed by atoms with Gasteiger partial charge >= 0.3 is 0 Å². The van der Waals surface area contributed by atoms with E-state index < -0.39 is 0 Å². The minimum absolute atomic E-state index is 0.0356. The molecule has 0 aromatic heterocycles. The summed E-state index contributed by atoms with van der Waals surface area (Å²) in [6.45, 7) is 1.92. The van der Waals surface area contributed by atoms with Gasteiger partial charge in [-0.1, -0.05) is 18.6 Å². The predicted molar refractivity (Wildman–Crippen MR) is 90.9 cm³/mol. The highest BCUT2D eigenvalue weighted by molar-refractivity contribution is 6.06. The molecule has 3 N–H and O–H groups in total. The van der Waals surface area contributed by atoms with Gasteiger partial charge in [-0.2, -0.15) is 0 Å². The number of rotatable bonds is 6. The van der Waals surface area contributed by atoms with Gasteiger partial charge in [0, 0.05) is 19.6 Å². The first-order valence-electron chi connectivity index (χ1n) is 9.22. The van der Waals surface area contributed by atoms with Gasteiger partial charge in [-0.15, -0.1) is 0 Å². The Kier molecular flexibility index (Phi) is 4.06. The fourth-order valence-electron chi connectivity index (χ4n) is 4.60. The number of hydrogen-bond donors (Lipinski definition) is 2. The zero-order valence-corrected chi connectivity index (χ0v) is 14.0. The topological polar surface area (TPSA) is 87.8 Å². The van der Waals surface area contributed by atoms with E-state index in [4.69, 9.17) is 5.73 Å². The number of carbonyl (C=O) groups is 2. The highest BCUT2D eigenvalue weighted by atomic mass is 16.2. The second-order valence-electron chi connectivity index (χ2n) is 7.63. The number of allylic oxidation sites excluding steroid dienone is 2. The molecular weight excluding hydrogens is 304 g/mol. The molecule has 2 saturated carbocycles. The Morgan fingerprint density at radius 3 is 2.46 bits per heavy atom. The monoisotopic (exact) mass is 330 g/mol. The lowest BCUT2D eigenvalue weighted by Gasteiger charge is -2.23. The molecule has 1 aliphatic heterocycles. The van der Waals surface area contributed by atoms with Crippen LogP contribution in [0, 0.1) is 29.6 Å². The van der Waals surface area contributed by atoms with E-state index in [1.54, 1.807) is 0 Å². The molecule has 4 rings (SSSR count). The van der Waals surface area contributed by atoms with Crippen molar-refractivity contribution in [2.75, 3.05) is 19.6 Å². The number of nitrogens with zero attached hydrogens (tertiary/aromatic N) is 2. The fraction of sp³-hybridized carbons (Fsp3) is 0.722. The quantitative estimate of drug-likeness (QED) is 0.249. The highest BCUT2D eigenvalue weighted by Gasteiger charge is 2.58. The maximum Gasteiger partial charge on any atom is 0.233 e. The smallest absolute Gasteiger partial charge is 0.233 e. The van der Waals surface area contributed by atoms with E-state index in [-0.39, 0.29) is 35.5 Å². The van der Waals surface area contributed by atoms with Crippen LogP contribution in [0.1, 0.15) is 32.1 Å². The zero-order chi connectivity index (χ0) is 16.7. The third-order valence-corrected chi connectivity index (χ3v) is 6.17. The summed E-state index contributed by atoms with van der Waals surface area (Å²) < 4.78 is 0. The largest absolute Gasteiger partial charge is 0.370 e. The average molecular weight is 330 g/mol. The maximum atomic E-state index is 12.5. The van der Waals surface area contributed by atoms with Gasteiger partial charge in [-0.3, -0.25) is 19.5 Å². The number of amides is 2. The number of nitrogens with one attached hydrogen (secondary N) is 1. The molecule has 2 bridgehead atoms. The normalized spacial score (nSPS) is 34.8. The van der Waals surface area contributed by atoms with Crippen molar-refractivity contribution in [1.82, 2.24) is 10.2 Å². The molecule has 4 atom stereocenters. The number of aliphatic imine (C=N–C) groups is 1. The molecule has 4 aliphatic rings. The summed E-state index contributed by atoms with van der Waals surface area (Å²) >= 11 is 0. The minimum Gasteiger partial charge on any atom is -0.370 e. The summed E-state index contributed by atoms with van der Waals surface area (Å²) in [7, 11) is 0. The molecule has 1 saturated heterocycles. The number of guanidine groups is 1. The summed E-state index contributed by atoms with van der Waals surface area (Å²) in [6.07, 6.45) is 9.77. The third kappa shape index (κ3) is 2.62. The molecule has 6 heteroatoms. The Hall–Kier alpha value is -1.85. The highest BCUT2D eigenvalue weighted by Crippen LogP contribution is 2.52. The van der Waals surface area contributed by atoms with Crippen LogP contribution in [0.4, 0.5) is 0 Å². The Labute approximate surface area is 142 Å². The standard InChI is InChI=1S/C18H26N4O2/c19-18(21-10-11-3-1-4-11)20-7-2-8-22-16(23)14-12-5-6-13(9-12)15(14)17(22)24/h5-6,11-15H,1-4,7-10H2,(H3,19,20,21). The molecule has 24 heavy (non-hydrogen) atoms. The van der Waals surface area contributed by atoms with Gasteiger partial charge < -0.3 is 11.1 Å². The van der Waals surface area contributed by atoms with Crippen molar-refractivity contribution in [3.8, 4) is 0 Å². The number of likely N-dealkylation sites (tertiary alicyclic amines) is 1. The van der Waals surface area contributed by atoms with Gasteiger partial charge in [-0.25, -0.2) is 0 Å². The summed E-state index contributed by atoms with van der Waals surface area (Å²) in [4.78, 5) is 30.9. The number of nitrogens with two attached hydrogens (primary N) is 1. The van der Waals surface area contributed by atoms with Gasteiger partial charge in [0.25, 0.3) is 0 Å². The van der Waals surface area contributed by atoms with E-state index >= 15 is 0 Å². The van der Waals surface area contributed by atoms with Crippen LogP contribution in [0.3, 0.4) is 0 Å². The Morgan fingerprint density at radius 1 is 1.21 bits per heavy atom. The van der Waals surface area contributed by atoms with Crippen LogP contribution in [-0.2, 0) is 9.59 Å². The van der Waals surface area contributed by atoms with Gasteiger partial charge in [0.05, 0.1) is 11.8 Å². The fourth-order valence-corrected chi connectivity index (χ4v) is 4.60. The number of carbonyl (C=O) groups excluding carboxylic acids is 2. The summed E-state index contributed by atoms with van der Waals surface area (Å²) in [5.41, 5.74) is 5.85. The second kappa shape index (κ2) is 6.22. The van der Waals surface area contributed by atoms with E-state index in [1.807, 2.05) is 0 Å². The van der Waals surface area contributed by atoms with Crippen LogP contribution in [0.15, 0.2) is 17.1 Å². The molecule has 0 spiro atoms. The Bertz CT molecular complexity index is 566. The second-order valence-corrected chi connectivity index (χ2v) is 7.63. The number of hydrogen-bond acceptors (Lipinski definition) is 3. The summed E-state index contributed by atoms with van der Waals surface area (Å²) in [5, 5.41) is 3.09. The molecule has 4 unspecified atom stereocenters. The van der Waals surface area contributed by atoms with Crippen molar-refractivity contribution in [3.63, 3.8) is 0 Å². The molecule has 0 aromatic carbocycles. The van der Waals surface area contributed by atoms with Crippen LogP contribution in [0.25, 0.3) is 0 Å². The minimum atomic E-state index is -0.0884. The third-order valence-electron chi connectivity index (χ3n) is 6.17. The maximum absolute atomic E-state index is 12.5. The van der Waals surface area contributed by atoms with Crippen molar-refractivity contribution < 1.29 is 9.59 Å². The molecule has 3 fully saturated rings. The molecule has 3 aliphatic carbocycles. The predicted octanol–water partition coefficient (Wildman–Crippen LogP) is 0.888. The summed E-state index contributed by atoms with van der Waals surface area (Å²) in [5.74, 6) is 1.64. The van der Waals surface area contributed by atoms with Crippen molar-refractivity contribution >= 4 is 17.8 Å². The van der Waals surface area contributed by atoms with Gasteiger partial charge in [0.15, 0.2) is 5.96 Å². The van der Waals surface area contributed by atoms with E-state index in [0.29, 0.717) is 31.4 Å².